The molecule has 1 fully saturated rings. The number of piperidine rings is 1. The maximum absolute atomic E-state index is 13.2. The van der Waals surface area contributed by atoms with Gasteiger partial charge in [0.25, 0.3) is 0 Å². The Hall–Kier alpha value is -2.63. The second kappa shape index (κ2) is 8.80. The number of likely N-dealkylation sites (tertiary alicyclic amines) is 1. The Balaban J connectivity index is 1.44. The van der Waals surface area contributed by atoms with Gasteiger partial charge < -0.3 is 13.9 Å². The van der Waals surface area contributed by atoms with Gasteiger partial charge in [-0.05, 0) is 60.5 Å². The zero-order chi connectivity index (χ0) is 20.2. The van der Waals surface area contributed by atoms with Crippen molar-refractivity contribution in [2.45, 2.75) is 26.0 Å². The first-order chi connectivity index (χ1) is 14.2. The quantitative estimate of drug-likeness (QED) is 0.546. The molecule has 3 aromatic rings. The van der Waals surface area contributed by atoms with Crippen LogP contribution in [0.15, 0.2) is 52.9 Å². The van der Waals surface area contributed by atoms with Crippen LogP contribution >= 0.6 is 0 Å². The topological polar surface area (TPSA) is 51.9 Å². The number of furan rings is 1. The Morgan fingerprint density at radius 1 is 1.07 bits per heavy atom. The predicted octanol–water partition coefficient (Wildman–Crippen LogP) is 4.68. The molecular weight excluding hydrogens is 366 g/mol. The first-order valence-electron chi connectivity index (χ1n) is 10.1. The number of carbonyl (C=O) groups is 1. The number of nitrogens with zero attached hydrogens (tertiary/aromatic N) is 1. The highest BCUT2D eigenvalue weighted by Gasteiger charge is 2.27. The highest BCUT2D eigenvalue weighted by molar-refractivity contribution is 6.01. The first-order valence-corrected chi connectivity index (χ1v) is 10.1. The summed E-state index contributed by atoms with van der Waals surface area (Å²) < 4.78 is 16.2. The van der Waals surface area contributed by atoms with E-state index < -0.39 is 0 Å². The fourth-order valence-electron chi connectivity index (χ4n) is 4.10. The molecule has 2 aromatic carbocycles. The minimum absolute atomic E-state index is 0.0212. The zero-order valence-electron chi connectivity index (χ0n) is 17.0. The lowest BCUT2D eigenvalue weighted by Gasteiger charge is -2.31. The van der Waals surface area contributed by atoms with Crippen molar-refractivity contribution in [3.63, 3.8) is 0 Å². The Labute approximate surface area is 171 Å². The van der Waals surface area contributed by atoms with Gasteiger partial charge in [-0.3, -0.25) is 9.69 Å². The van der Waals surface area contributed by atoms with E-state index in [2.05, 4.69) is 4.90 Å². The number of hydrogen-bond donors (Lipinski definition) is 0. The molecule has 0 spiro atoms. The summed E-state index contributed by atoms with van der Waals surface area (Å²) >= 11 is 0. The molecule has 0 amide bonds. The average molecular weight is 393 g/mol. The lowest BCUT2D eigenvalue weighted by Crippen LogP contribution is -2.38. The fraction of sp³-hybridized carbons (Fsp3) is 0.375. The molecule has 4 rings (SSSR count). The number of carbonyl (C=O) groups excluding carboxylic acids is 1. The molecule has 0 unspecified atom stereocenters. The molecule has 2 heterocycles. The predicted molar refractivity (Wildman–Crippen MR) is 112 cm³/mol. The summed E-state index contributed by atoms with van der Waals surface area (Å²) in [5.74, 6) is 2.83. The van der Waals surface area contributed by atoms with Crippen LogP contribution in [0.25, 0.3) is 10.8 Å². The van der Waals surface area contributed by atoms with E-state index >= 15 is 0 Å². The van der Waals surface area contributed by atoms with Gasteiger partial charge >= 0.3 is 0 Å². The van der Waals surface area contributed by atoms with Crippen LogP contribution in [0, 0.1) is 5.92 Å². The average Bonchev–Trinajstić information content (AvgIpc) is 3.19. The van der Waals surface area contributed by atoms with Crippen molar-refractivity contribution in [1.82, 2.24) is 4.90 Å². The SMILES string of the molecule is COCc1ccc(CN2CCC[C@H](C(=O)c3ccc4cc(OC)ccc4c3)C2)o1. The smallest absolute Gasteiger partial charge is 0.167 e. The van der Waals surface area contributed by atoms with Gasteiger partial charge in [0.15, 0.2) is 5.78 Å². The van der Waals surface area contributed by atoms with E-state index in [1.807, 2.05) is 48.5 Å². The normalized spacial score (nSPS) is 17.5. The number of Topliss-reactive ketones (excluding diaryl/α,β-unsaturated/α-hetero) is 1. The van der Waals surface area contributed by atoms with E-state index in [0.717, 1.165) is 66.1 Å². The lowest BCUT2D eigenvalue weighted by atomic mass is 9.89. The standard InChI is InChI=1S/C24H27NO4/c1-27-16-23-10-9-22(29-23)15-25-11-3-4-20(14-25)24(26)19-6-5-18-13-21(28-2)8-7-17(18)12-19/h5-10,12-13,20H,3-4,11,14-16H2,1-2H3/t20-/m0/s1. The Morgan fingerprint density at radius 2 is 1.86 bits per heavy atom. The zero-order valence-corrected chi connectivity index (χ0v) is 17.0. The molecule has 0 N–H and O–H groups in total. The number of fused-ring (bicyclic) bond motifs is 1. The van der Waals surface area contributed by atoms with Gasteiger partial charge in [-0.15, -0.1) is 0 Å². The summed E-state index contributed by atoms with van der Waals surface area (Å²) in [6.45, 7) is 2.96. The minimum Gasteiger partial charge on any atom is -0.497 e. The fourth-order valence-corrected chi connectivity index (χ4v) is 4.10. The maximum Gasteiger partial charge on any atom is 0.167 e. The van der Waals surface area contributed by atoms with Gasteiger partial charge in [-0.2, -0.15) is 0 Å². The van der Waals surface area contributed by atoms with Gasteiger partial charge in [0.1, 0.15) is 23.9 Å². The molecule has 0 saturated carbocycles. The van der Waals surface area contributed by atoms with Crippen molar-refractivity contribution in [2.75, 3.05) is 27.3 Å². The van der Waals surface area contributed by atoms with Crippen LogP contribution in [0.2, 0.25) is 0 Å². The second-order valence-electron chi connectivity index (χ2n) is 7.67. The van der Waals surface area contributed by atoms with E-state index in [9.17, 15) is 4.79 Å². The van der Waals surface area contributed by atoms with Gasteiger partial charge in [0, 0.05) is 25.1 Å². The minimum atomic E-state index is 0.0212. The van der Waals surface area contributed by atoms with E-state index in [4.69, 9.17) is 13.9 Å². The van der Waals surface area contributed by atoms with Crippen LogP contribution in [0.4, 0.5) is 0 Å². The van der Waals surface area contributed by atoms with Crippen LogP contribution in [0.5, 0.6) is 5.75 Å². The second-order valence-corrected chi connectivity index (χ2v) is 7.67. The monoisotopic (exact) mass is 393 g/mol. The van der Waals surface area contributed by atoms with Crippen molar-refractivity contribution in [2.24, 2.45) is 5.92 Å². The number of ketones is 1. The highest BCUT2D eigenvalue weighted by atomic mass is 16.5. The van der Waals surface area contributed by atoms with E-state index in [1.54, 1.807) is 14.2 Å². The maximum atomic E-state index is 13.2. The molecule has 1 aliphatic rings. The van der Waals surface area contributed by atoms with Crippen LogP contribution in [0.1, 0.15) is 34.7 Å². The summed E-state index contributed by atoms with van der Waals surface area (Å²) in [5.41, 5.74) is 0.787. The van der Waals surface area contributed by atoms with Gasteiger partial charge in [0.2, 0.25) is 0 Å². The Kier molecular flexibility index (Phi) is 5.97. The molecule has 1 aliphatic heterocycles. The van der Waals surface area contributed by atoms with E-state index in [1.165, 1.54) is 0 Å². The van der Waals surface area contributed by atoms with Crippen molar-refractivity contribution in [1.29, 1.82) is 0 Å². The van der Waals surface area contributed by atoms with Crippen LogP contribution < -0.4 is 4.74 Å². The highest BCUT2D eigenvalue weighted by Crippen LogP contribution is 2.26. The van der Waals surface area contributed by atoms with E-state index in [-0.39, 0.29) is 11.7 Å². The largest absolute Gasteiger partial charge is 0.497 e. The van der Waals surface area contributed by atoms with Gasteiger partial charge in [-0.25, -0.2) is 0 Å². The molecular formula is C24H27NO4. The molecule has 1 aromatic heterocycles. The number of rotatable bonds is 7. The van der Waals surface area contributed by atoms with Crippen molar-refractivity contribution in [3.8, 4) is 5.75 Å². The van der Waals surface area contributed by atoms with Gasteiger partial charge in [0.05, 0.1) is 13.7 Å². The molecule has 5 nitrogen and oxygen atoms in total. The molecule has 1 atom stereocenters. The molecule has 1 saturated heterocycles. The van der Waals surface area contributed by atoms with Gasteiger partial charge in [-0.1, -0.05) is 18.2 Å². The van der Waals surface area contributed by atoms with E-state index in [0.29, 0.717) is 6.61 Å². The molecule has 29 heavy (non-hydrogen) atoms. The number of methoxy groups -OCH3 is 2. The molecule has 0 radical (unpaired) electrons. The third-order valence-corrected chi connectivity index (χ3v) is 5.59. The third-order valence-electron chi connectivity index (χ3n) is 5.59. The summed E-state index contributed by atoms with van der Waals surface area (Å²) in [7, 11) is 3.32. The third kappa shape index (κ3) is 4.52. The molecule has 5 heteroatoms. The number of benzene rings is 2. The van der Waals surface area contributed by atoms with Crippen LogP contribution in [0.3, 0.4) is 0 Å². The Morgan fingerprint density at radius 3 is 2.69 bits per heavy atom. The van der Waals surface area contributed by atoms with Crippen molar-refractivity contribution < 1.29 is 18.7 Å². The van der Waals surface area contributed by atoms with Crippen molar-refractivity contribution in [3.05, 3.63) is 65.6 Å². The lowest BCUT2D eigenvalue weighted by molar-refractivity contribution is 0.0800. The summed E-state index contributed by atoms with van der Waals surface area (Å²) in [5, 5.41) is 2.14. The van der Waals surface area contributed by atoms with Crippen molar-refractivity contribution >= 4 is 16.6 Å². The summed E-state index contributed by atoms with van der Waals surface area (Å²) in [6, 6.07) is 15.8. The number of hydrogen-bond acceptors (Lipinski definition) is 5. The molecule has 0 aliphatic carbocycles. The number of ether oxygens (including phenoxy) is 2. The summed E-state index contributed by atoms with van der Waals surface area (Å²) in [6.07, 6.45) is 1.95. The Bertz CT molecular complexity index is 993. The summed E-state index contributed by atoms with van der Waals surface area (Å²) in [4.78, 5) is 15.5. The van der Waals surface area contributed by atoms with Crippen LogP contribution in [-0.4, -0.2) is 38.0 Å². The molecule has 152 valence electrons. The first kappa shape index (κ1) is 19.7. The van der Waals surface area contributed by atoms with Crippen LogP contribution in [-0.2, 0) is 17.9 Å². The molecule has 0 bridgehead atoms.